The lowest BCUT2D eigenvalue weighted by atomic mass is 9.87. The van der Waals surface area contributed by atoms with E-state index >= 15 is 0 Å². The molecule has 0 atom stereocenters. The number of likely N-dealkylation sites (tertiary alicyclic amines) is 1. The Bertz CT molecular complexity index is 1380. The minimum absolute atomic E-state index is 0.0444. The Labute approximate surface area is 231 Å². The Morgan fingerprint density at radius 1 is 1.05 bits per heavy atom. The summed E-state index contributed by atoms with van der Waals surface area (Å²) in [6.07, 6.45) is 5.61. The summed E-state index contributed by atoms with van der Waals surface area (Å²) in [5, 5.41) is 9.46. The van der Waals surface area contributed by atoms with Crippen molar-refractivity contribution < 1.29 is 4.79 Å². The highest BCUT2D eigenvalue weighted by molar-refractivity contribution is 5.99. The van der Waals surface area contributed by atoms with Crippen LogP contribution in [0.5, 0.6) is 0 Å². The zero-order chi connectivity index (χ0) is 28.3. The summed E-state index contributed by atoms with van der Waals surface area (Å²) in [5.41, 5.74) is 3.98. The zero-order valence-electron chi connectivity index (χ0n) is 24.1. The molecule has 2 aromatic heterocycles. The van der Waals surface area contributed by atoms with Crippen LogP contribution in [-0.4, -0.2) is 51.5 Å². The first kappa shape index (κ1) is 28.3. The second kappa shape index (κ2) is 11.6. The van der Waals surface area contributed by atoms with Crippen molar-refractivity contribution in [3.63, 3.8) is 0 Å². The lowest BCUT2D eigenvalue weighted by molar-refractivity contribution is 0.0943. The molecule has 0 unspecified atom stereocenters. The van der Waals surface area contributed by atoms with Crippen LogP contribution in [0.2, 0.25) is 0 Å². The molecule has 3 heterocycles. The van der Waals surface area contributed by atoms with Crippen molar-refractivity contribution >= 4 is 29.0 Å². The Kier molecular flexibility index (Phi) is 8.39. The van der Waals surface area contributed by atoms with E-state index in [2.05, 4.69) is 63.0 Å². The lowest BCUT2D eigenvalue weighted by Gasteiger charge is -2.30. The number of benzene rings is 1. The summed E-state index contributed by atoms with van der Waals surface area (Å²) < 4.78 is 1.65. The molecule has 0 saturated carbocycles. The Morgan fingerprint density at radius 3 is 2.38 bits per heavy atom. The zero-order valence-corrected chi connectivity index (χ0v) is 24.1. The van der Waals surface area contributed by atoms with Gasteiger partial charge in [0.15, 0.2) is 0 Å². The number of carbonyl (C=O) groups is 1. The first-order valence-corrected chi connectivity index (χ1v) is 13.6. The third-order valence-electron chi connectivity index (χ3n) is 7.03. The molecule has 1 amide bonds. The first-order chi connectivity index (χ1) is 18.4. The summed E-state index contributed by atoms with van der Waals surface area (Å²) in [6.45, 7) is 14.1. The molecule has 0 radical (unpaired) electrons. The van der Waals surface area contributed by atoms with E-state index in [1.807, 2.05) is 34.6 Å². The van der Waals surface area contributed by atoms with Crippen molar-refractivity contribution in [2.45, 2.75) is 71.9 Å². The van der Waals surface area contributed by atoms with Crippen molar-refractivity contribution in [1.82, 2.24) is 24.8 Å². The minimum atomic E-state index is -0.400. The van der Waals surface area contributed by atoms with Crippen LogP contribution in [0.1, 0.15) is 74.9 Å². The lowest BCUT2D eigenvalue weighted by Crippen LogP contribution is -2.33. The van der Waals surface area contributed by atoms with Crippen LogP contribution in [0.4, 0.5) is 23.1 Å². The number of nitrogens with zero attached hydrogens (tertiary/aromatic N) is 4. The summed E-state index contributed by atoms with van der Waals surface area (Å²) in [5.74, 6) is 1.03. The smallest absolute Gasteiger partial charge is 0.256 e. The number of hydrogen-bond donors (Lipinski definition) is 3. The van der Waals surface area contributed by atoms with Gasteiger partial charge >= 0.3 is 0 Å². The van der Waals surface area contributed by atoms with E-state index < -0.39 is 5.54 Å². The van der Waals surface area contributed by atoms with Gasteiger partial charge < -0.3 is 25.4 Å². The normalized spacial score (nSPS) is 14.9. The molecule has 4 rings (SSSR count). The maximum atomic E-state index is 13.0. The molecule has 3 aromatic rings. The number of pyridine rings is 1. The van der Waals surface area contributed by atoms with E-state index in [0.29, 0.717) is 28.9 Å². The van der Waals surface area contributed by atoms with Gasteiger partial charge in [0.2, 0.25) is 5.95 Å². The molecule has 1 aliphatic heterocycles. The predicted octanol–water partition coefficient (Wildman–Crippen LogP) is 5.14. The summed E-state index contributed by atoms with van der Waals surface area (Å²) in [7, 11) is 2.18. The average Bonchev–Trinajstić information content (AvgIpc) is 2.85. The molecule has 0 spiro atoms. The summed E-state index contributed by atoms with van der Waals surface area (Å²) in [4.78, 5) is 36.9. The van der Waals surface area contributed by atoms with Gasteiger partial charge in [-0.1, -0.05) is 6.07 Å². The van der Waals surface area contributed by atoms with Gasteiger partial charge in [-0.3, -0.25) is 9.59 Å². The van der Waals surface area contributed by atoms with Gasteiger partial charge in [-0.2, -0.15) is 4.98 Å². The maximum absolute atomic E-state index is 13.0. The average molecular weight is 532 g/mol. The molecular weight excluding hydrogens is 490 g/mol. The van der Waals surface area contributed by atoms with Gasteiger partial charge in [0.1, 0.15) is 11.4 Å². The van der Waals surface area contributed by atoms with E-state index in [9.17, 15) is 9.59 Å². The SMILES string of the molecule is Cc1cc(Nc2ncc(C(=O)NC(C)C)c(Nc3ccc(=O)n(C(C)(C)C)c3)n2)ccc1C1CCN(C)CC1. The monoisotopic (exact) mass is 531 g/mol. The van der Waals surface area contributed by atoms with E-state index in [4.69, 9.17) is 0 Å². The van der Waals surface area contributed by atoms with Crippen molar-refractivity contribution in [3.8, 4) is 0 Å². The maximum Gasteiger partial charge on any atom is 0.256 e. The fraction of sp³-hybridized carbons (Fsp3) is 0.467. The molecule has 1 fully saturated rings. The molecule has 1 aromatic carbocycles. The predicted molar refractivity (Wildman–Crippen MR) is 158 cm³/mol. The highest BCUT2D eigenvalue weighted by Gasteiger charge is 2.21. The topological polar surface area (TPSA) is 104 Å². The molecular formula is C30H41N7O2. The second-order valence-electron chi connectivity index (χ2n) is 11.8. The number of amides is 1. The molecule has 9 heteroatoms. The number of piperidine rings is 1. The van der Waals surface area contributed by atoms with Crippen LogP contribution in [0.15, 0.2) is 47.5 Å². The molecule has 9 nitrogen and oxygen atoms in total. The van der Waals surface area contributed by atoms with Crippen LogP contribution in [0, 0.1) is 6.92 Å². The van der Waals surface area contributed by atoms with E-state index in [-0.39, 0.29) is 17.5 Å². The Hall–Kier alpha value is -3.72. The molecule has 3 N–H and O–H groups in total. The van der Waals surface area contributed by atoms with Gasteiger partial charge in [-0.05, 0) is 110 Å². The molecule has 1 aliphatic rings. The van der Waals surface area contributed by atoms with Crippen LogP contribution in [0.3, 0.4) is 0 Å². The van der Waals surface area contributed by atoms with Crippen LogP contribution in [0.25, 0.3) is 0 Å². The molecule has 0 aliphatic carbocycles. The van der Waals surface area contributed by atoms with Crippen molar-refractivity contribution in [2.24, 2.45) is 0 Å². The first-order valence-electron chi connectivity index (χ1n) is 13.6. The van der Waals surface area contributed by atoms with Crippen molar-refractivity contribution in [1.29, 1.82) is 0 Å². The fourth-order valence-corrected chi connectivity index (χ4v) is 4.93. The molecule has 39 heavy (non-hydrogen) atoms. The van der Waals surface area contributed by atoms with Gasteiger partial charge in [-0.25, -0.2) is 4.98 Å². The fourth-order valence-electron chi connectivity index (χ4n) is 4.93. The quantitative estimate of drug-likeness (QED) is 0.388. The van der Waals surface area contributed by atoms with Gasteiger partial charge in [0, 0.05) is 35.7 Å². The number of rotatable bonds is 7. The van der Waals surface area contributed by atoms with Gasteiger partial charge in [-0.15, -0.1) is 0 Å². The highest BCUT2D eigenvalue weighted by atomic mass is 16.1. The Balaban J connectivity index is 1.62. The van der Waals surface area contributed by atoms with Crippen LogP contribution < -0.4 is 21.5 Å². The Morgan fingerprint density at radius 2 is 1.74 bits per heavy atom. The van der Waals surface area contributed by atoms with E-state index in [1.165, 1.54) is 36.2 Å². The van der Waals surface area contributed by atoms with E-state index in [1.54, 1.807) is 16.8 Å². The summed E-state index contributed by atoms with van der Waals surface area (Å²) in [6, 6.07) is 9.55. The number of nitrogens with one attached hydrogen (secondary N) is 3. The van der Waals surface area contributed by atoms with Crippen LogP contribution in [-0.2, 0) is 5.54 Å². The largest absolute Gasteiger partial charge is 0.350 e. The minimum Gasteiger partial charge on any atom is -0.350 e. The highest BCUT2D eigenvalue weighted by Crippen LogP contribution is 2.32. The van der Waals surface area contributed by atoms with Crippen molar-refractivity contribution in [2.75, 3.05) is 30.8 Å². The standard InChI is InChI=1S/C30H41N7O2/c1-19(2)32-28(39)25-17-31-29(35-27(25)33-23-9-11-26(38)37(18-23)30(4,5)6)34-22-8-10-24(20(3)16-22)21-12-14-36(7)15-13-21/h8-11,16-19,21H,12-15H2,1-7H3,(H,32,39)(H2,31,33,34,35). The second-order valence-corrected chi connectivity index (χ2v) is 11.8. The van der Waals surface area contributed by atoms with Gasteiger partial charge in [0.25, 0.3) is 11.5 Å². The molecule has 0 bridgehead atoms. The number of carbonyl (C=O) groups excluding carboxylic acids is 1. The number of hydrogen-bond acceptors (Lipinski definition) is 7. The molecule has 1 saturated heterocycles. The van der Waals surface area contributed by atoms with Gasteiger partial charge in [0.05, 0.1) is 5.69 Å². The third kappa shape index (κ3) is 7.03. The summed E-state index contributed by atoms with van der Waals surface area (Å²) >= 11 is 0. The van der Waals surface area contributed by atoms with Crippen LogP contribution >= 0.6 is 0 Å². The molecule has 208 valence electrons. The number of aromatic nitrogens is 3. The van der Waals surface area contributed by atoms with Crippen molar-refractivity contribution in [3.05, 3.63) is 69.8 Å². The number of anilines is 4. The number of aryl methyl sites for hydroxylation is 1. The van der Waals surface area contributed by atoms with E-state index in [0.717, 1.165) is 18.8 Å². The third-order valence-corrected chi connectivity index (χ3v) is 7.03.